The highest BCUT2D eigenvalue weighted by atomic mass is 31.2. The molecule has 4 aromatic heterocycles. The molecule has 1 fully saturated rings. The van der Waals surface area contributed by atoms with Crippen LogP contribution in [-0.2, 0) is 27.4 Å². The predicted octanol–water partition coefficient (Wildman–Crippen LogP) is -2.53. The Morgan fingerprint density at radius 2 is 2.02 bits per heavy atom. The van der Waals surface area contributed by atoms with Crippen LogP contribution in [-0.4, -0.2) is 102 Å². The number of phosphoric ester groups is 1. The number of aliphatic hydroxyl groups is 4. The summed E-state index contributed by atoms with van der Waals surface area (Å²) in [6.45, 7) is -2.34. The molecule has 5 heterocycles. The van der Waals surface area contributed by atoms with Gasteiger partial charge in [0.15, 0.2) is 41.7 Å². The summed E-state index contributed by atoms with van der Waals surface area (Å²) in [6, 6.07) is 0. The number of aromatic amines is 1. The Balaban J connectivity index is 1.50. The van der Waals surface area contributed by atoms with E-state index in [2.05, 4.69) is 29.4 Å². The summed E-state index contributed by atoms with van der Waals surface area (Å²) in [7, 11) is -9.26. The smallest absolute Gasteiger partial charge is 0.394 e. The highest BCUT2D eigenvalue weighted by molar-refractivity contribution is 7.47. The Bertz CT molecular complexity index is 1840. The molecular weight excluding hydrogens is 643 g/mol. The number of hydrogen-bond acceptors (Lipinski definition) is 17. The minimum atomic E-state index is -5.75. The van der Waals surface area contributed by atoms with Crippen LogP contribution in [0, 0.1) is 5.82 Å². The zero-order valence-corrected chi connectivity index (χ0v) is 23.5. The van der Waals surface area contributed by atoms with Crippen LogP contribution in [0.1, 0.15) is 12.5 Å². The Morgan fingerprint density at radius 1 is 1.30 bits per heavy atom. The van der Waals surface area contributed by atoms with E-state index in [1.807, 2.05) is 0 Å². The lowest BCUT2D eigenvalue weighted by molar-refractivity contribution is -0.254. The average molecular weight is 666 g/mol. The first-order valence-electron chi connectivity index (χ1n) is 12.0. The van der Waals surface area contributed by atoms with Crippen molar-refractivity contribution < 1.29 is 62.0 Å². The Labute approximate surface area is 242 Å². The summed E-state index contributed by atoms with van der Waals surface area (Å²) in [5.74, 6) is -5.30. The first kappa shape index (κ1) is 31.8. The van der Waals surface area contributed by atoms with Gasteiger partial charge in [-0.3, -0.25) is 23.4 Å². The van der Waals surface area contributed by atoms with E-state index >= 15 is 0 Å². The molecule has 0 aliphatic carbocycles. The van der Waals surface area contributed by atoms with E-state index in [1.54, 1.807) is 0 Å². The molecule has 1 aliphatic rings. The zero-order valence-electron chi connectivity index (χ0n) is 21.7. The summed E-state index contributed by atoms with van der Waals surface area (Å²) in [4.78, 5) is 49.4. The van der Waals surface area contributed by atoms with Gasteiger partial charge in [-0.25, -0.2) is 28.4 Å². The number of aliphatic hydroxyl groups excluding tert-OH is 3. The van der Waals surface area contributed by atoms with Crippen LogP contribution in [0.4, 0.5) is 16.2 Å². The molecule has 25 heteroatoms. The van der Waals surface area contributed by atoms with Gasteiger partial charge in [-0.1, -0.05) is 0 Å². The topological polar surface area (TPSA) is 339 Å². The number of aromatic nitrogens is 7. The molecule has 8 atom stereocenters. The number of nitrogen functional groups attached to an aromatic ring is 2. The summed E-state index contributed by atoms with van der Waals surface area (Å²) in [6.07, 6.45) is -7.10. The van der Waals surface area contributed by atoms with Gasteiger partial charge in [-0.2, -0.15) is 4.98 Å². The Hall–Kier alpha value is -3.57. The molecule has 0 spiro atoms. The normalized spacial score (nSPS) is 24.4. The van der Waals surface area contributed by atoms with E-state index in [-0.39, 0.29) is 22.9 Å². The van der Waals surface area contributed by atoms with E-state index in [9.17, 15) is 43.6 Å². The second-order valence-electron chi connectivity index (χ2n) is 9.21. The fraction of sp³-hybridized carbons (Fsp3) is 0.421. The maximum Gasteiger partial charge on any atom is 0.694 e. The summed E-state index contributed by atoms with van der Waals surface area (Å²) < 4.78 is 60.5. The summed E-state index contributed by atoms with van der Waals surface area (Å²) in [5.41, 5.74) is 9.55. The molecule has 0 radical (unpaired) electrons. The van der Waals surface area contributed by atoms with Crippen LogP contribution in [0.3, 0.4) is 0 Å². The number of ether oxygens (including phenoxy) is 1. The van der Waals surface area contributed by atoms with Crippen molar-refractivity contribution in [3.05, 3.63) is 35.0 Å². The van der Waals surface area contributed by atoms with Gasteiger partial charge in [-0.05, 0) is 0 Å². The monoisotopic (exact) mass is 666 g/mol. The first-order chi connectivity index (χ1) is 20.7. The van der Waals surface area contributed by atoms with Crippen molar-refractivity contribution in [1.29, 1.82) is 0 Å². The first-order valence-corrected chi connectivity index (χ1v) is 14.6. The third-order valence-corrected chi connectivity index (χ3v) is 7.79. The van der Waals surface area contributed by atoms with Crippen molar-refractivity contribution in [3.63, 3.8) is 0 Å². The molecule has 1 saturated heterocycles. The fourth-order valence-electron chi connectivity index (χ4n) is 4.47. The molecule has 0 saturated carbocycles. The number of nitrogens with two attached hydrogens (primary N) is 2. The molecule has 1 aliphatic heterocycles. The molecule has 238 valence electrons. The molecular formula is C19H23FN9O13P2+. The van der Waals surface area contributed by atoms with Crippen LogP contribution in [0.2, 0.25) is 0 Å². The number of halogens is 1. The highest BCUT2D eigenvalue weighted by Crippen LogP contribution is 2.53. The summed E-state index contributed by atoms with van der Waals surface area (Å²) in [5, 5.41) is 42.2. The summed E-state index contributed by atoms with van der Waals surface area (Å²) >= 11 is 0. The number of phosphoric acid groups is 1. The molecule has 0 aromatic carbocycles. The number of rotatable bonds is 11. The maximum absolute atomic E-state index is 14.6. The minimum Gasteiger partial charge on any atom is -0.394 e. The maximum atomic E-state index is 14.6. The number of nitrogens with zero attached hydrogens (tertiary/aromatic N) is 6. The van der Waals surface area contributed by atoms with Crippen molar-refractivity contribution in [2.24, 2.45) is 0 Å². The molecule has 2 unspecified atom stereocenters. The van der Waals surface area contributed by atoms with Crippen molar-refractivity contribution in [2.45, 2.75) is 36.6 Å². The molecule has 0 amide bonds. The van der Waals surface area contributed by atoms with Crippen molar-refractivity contribution in [2.75, 3.05) is 24.7 Å². The molecule has 22 nitrogen and oxygen atoms in total. The zero-order chi connectivity index (χ0) is 32.1. The number of nitrogens with one attached hydrogen (secondary N) is 1. The lowest BCUT2D eigenvalue weighted by Crippen LogP contribution is -2.46. The minimum absolute atomic E-state index is 0.223. The number of hydrogen-bond donors (Lipinski definition) is 9. The van der Waals surface area contributed by atoms with Crippen LogP contribution in [0.25, 0.3) is 22.2 Å². The van der Waals surface area contributed by atoms with Gasteiger partial charge in [0.2, 0.25) is 5.95 Å². The SMILES string of the molecule is Nc1nc2c(ncn2[C@@H]2O[C@H](CO)[C@@H](O)[C@H]2OP(=O)(O)O[C@](O)(CO[P+](=O)O)[C@@H](O)n2cc(F)c3c(N)ncnc32)c(=O)[nH]1. The number of imidazole rings is 1. The third-order valence-electron chi connectivity index (χ3n) is 6.39. The van der Waals surface area contributed by atoms with E-state index in [1.165, 1.54) is 0 Å². The van der Waals surface area contributed by atoms with Gasteiger partial charge in [0, 0.05) is 10.8 Å². The van der Waals surface area contributed by atoms with E-state index < -0.39 is 88.3 Å². The van der Waals surface area contributed by atoms with Gasteiger partial charge >= 0.3 is 16.1 Å². The van der Waals surface area contributed by atoms with Gasteiger partial charge in [0.25, 0.3) is 11.3 Å². The molecule has 4 aromatic rings. The molecule has 0 bridgehead atoms. The second kappa shape index (κ2) is 11.7. The number of H-pyrrole nitrogens is 1. The van der Waals surface area contributed by atoms with E-state index in [0.717, 1.165) is 17.2 Å². The molecule has 5 rings (SSSR count). The lowest BCUT2D eigenvalue weighted by atomic mass is 10.1. The fourth-order valence-corrected chi connectivity index (χ4v) is 5.89. The van der Waals surface area contributed by atoms with Crippen LogP contribution < -0.4 is 17.0 Å². The van der Waals surface area contributed by atoms with Crippen LogP contribution in [0.15, 0.2) is 23.6 Å². The standard InChI is InChI=1S/C19H22FN9O13P2/c20-6-1-28(13-8(6)12(21)23-4-24-13)17(33)19(34,3-39-43(35)36)42-44(37,38)41-11-10(31)7(2-30)40-16(11)29-5-25-9-14(29)26-18(22)27-15(9)32/h1,4-5,7,10-11,16-17,30-31,33-34H,2-3H2,(H6-,21,22,23,24,26,27,32,35,36,37,38)/p+1/t7-,10-,11-,16-,17-,19-/m1/s1. The van der Waals surface area contributed by atoms with E-state index in [4.69, 9.17) is 30.1 Å². The third kappa shape index (κ3) is 5.79. The molecule has 44 heavy (non-hydrogen) atoms. The Morgan fingerprint density at radius 3 is 2.70 bits per heavy atom. The van der Waals surface area contributed by atoms with Crippen molar-refractivity contribution in [3.8, 4) is 0 Å². The lowest BCUT2D eigenvalue weighted by Gasteiger charge is -2.33. The number of anilines is 2. The molecule has 11 N–H and O–H groups in total. The van der Waals surface area contributed by atoms with Gasteiger partial charge < -0.3 is 41.5 Å². The van der Waals surface area contributed by atoms with Gasteiger partial charge in [-0.15, -0.1) is 9.42 Å². The predicted molar refractivity (Wildman–Crippen MR) is 139 cm³/mol. The van der Waals surface area contributed by atoms with Crippen molar-refractivity contribution in [1.82, 2.24) is 34.1 Å². The quantitative estimate of drug-likeness (QED) is 0.0588. The second-order valence-corrected chi connectivity index (χ2v) is 11.3. The highest BCUT2D eigenvalue weighted by Gasteiger charge is 2.53. The van der Waals surface area contributed by atoms with Gasteiger partial charge in [0.1, 0.15) is 30.5 Å². The van der Waals surface area contributed by atoms with Crippen molar-refractivity contribution >= 4 is 50.0 Å². The Kier molecular flexibility index (Phi) is 8.50. The largest absolute Gasteiger partial charge is 0.694 e. The van der Waals surface area contributed by atoms with E-state index in [0.29, 0.717) is 10.8 Å². The average Bonchev–Trinajstić information content (AvgIpc) is 3.61. The van der Waals surface area contributed by atoms with Crippen LogP contribution in [0.5, 0.6) is 0 Å². The van der Waals surface area contributed by atoms with Gasteiger partial charge in [0.05, 0.1) is 18.3 Å². The van der Waals surface area contributed by atoms with Crippen LogP contribution >= 0.6 is 16.1 Å². The number of fused-ring (bicyclic) bond motifs is 2.